The smallest absolute Gasteiger partial charge is 0.0754 e. The average molecular weight is 687 g/mol. The molecule has 2 heterocycles. The van der Waals surface area contributed by atoms with Gasteiger partial charge in [0, 0.05) is 16.6 Å². The fourth-order valence-corrected chi connectivity index (χ4v) is 9.18. The van der Waals surface area contributed by atoms with Crippen molar-refractivity contribution >= 4 is 28.0 Å². The molecule has 0 radical (unpaired) electrons. The molecule has 1 aliphatic heterocycles. The van der Waals surface area contributed by atoms with Gasteiger partial charge in [0.05, 0.1) is 28.0 Å². The van der Waals surface area contributed by atoms with Gasteiger partial charge in [-0.3, -0.25) is 0 Å². The Kier molecular flexibility index (Phi) is 6.80. The first-order valence-corrected chi connectivity index (χ1v) is 18.6. The number of aromatic nitrogens is 1. The summed E-state index contributed by atoms with van der Waals surface area (Å²) >= 11 is 0. The number of para-hydroxylation sites is 3. The van der Waals surface area contributed by atoms with Crippen molar-refractivity contribution in [3.05, 3.63) is 229 Å². The van der Waals surface area contributed by atoms with Gasteiger partial charge in [-0.15, -0.1) is 0 Å². The predicted molar refractivity (Wildman–Crippen MR) is 224 cm³/mol. The number of hydrogen-bond donors (Lipinski definition) is 0. The van der Waals surface area contributed by atoms with Crippen molar-refractivity contribution in [3.63, 3.8) is 0 Å². The zero-order valence-electron chi connectivity index (χ0n) is 29.5. The summed E-state index contributed by atoms with van der Waals surface area (Å²) in [6.45, 7) is 0. The molecule has 1 aliphatic carbocycles. The topological polar surface area (TPSA) is 16.1 Å². The van der Waals surface area contributed by atoms with Crippen LogP contribution in [0.4, 0.5) is 17.1 Å². The molecule has 0 unspecified atom stereocenters. The van der Waals surface area contributed by atoms with Crippen molar-refractivity contribution in [2.45, 2.75) is 5.41 Å². The van der Waals surface area contributed by atoms with E-state index < -0.39 is 5.41 Å². The van der Waals surface area contributed by atoms with E-state index in [1.165, 1.54) is 67.0 Å². The average Bonchev–Trinajstić information content (AvgIpc) is 3.54. The molecule has 54 heavy (non-hydrogen) atoms. The molecule has 8 aromatic carbocycles. The van der Waals surface area contributed by atoms with Crippen LogP contribution in [0.3, 0.4) is 0 Å². The third-order valence-corrected chi connectivity index (χ3v) is 11.5. The molecule has 2 nitrogen and oxygen atoms in total. The lowest BCUT2D eigenvalue weighted by atomic mass is 9.64. The monoisotopic (exact) mass is 686 g/mol. The maximum atomic E-state index is 5.08. The predicted octanol–water partition coefficient (Wildman–Crippen LogP) is 13.4. The summed E-state index contributed by atoms with van der Waals surface area (Å²) in [5, 5.41) is 1.15. The molecular formula is C52H34N2. The minimum Gasteiger partial charge on any atom is -0.310 e. The Balaban J connectivity index is 1.10. The number of rotatable bonds is 4. The van der Waals surface area contributed by atoms with E-state index in [4.69, 9.17) is 4.98 Å². The molecule has 11 rings (SSSR count). The molecule has 2 aliphatic rings. The third-order valence-electron chi connectivity index (χ3n) is 11.5. The second kappa shape index (κ2) is 12.0. The number of fused-ring (bicyclic) bond motifs is 10. The Morgan fingerprint density at radius 3 is 1.70 bits per heavy atom. The first kappa shape index (κ1) is 30.6. The van der Waals surface area contributed by atoms with Gasteiger partial charge in [0.15, 0.2) is 0 Å². The van der Waals surface area contributed by atoms with Crippen molar-refractivity contribution in [1.82, 2.24) is 4.98 Å². The summed E-state index contributed by atoms with van der Waals surface area (Å²) in [5.74, 6) is 0. The van der Waals surface area contributed by atoms with Crippen molar-refractivity contribution in [2.75, 3.05) is 4.90 Å². The van der Waals surface area contributed by atoms with E-state index in [0.717, 1.165) is 27.8 Å². The lowest BCUT2D eigenvalue weighted by Gasteiger charge is -2.45. The second-order valence-corrected chi connectivity index (χ2v) is 14.3. The molecule has 1 aromatic heterocycles. The summed E-state index contributed by atoms with van der Waals surface area (Å²) in [7, 11) is 0. The number of nitrogens with zero attached hydrogens (tertiary/aromatic N) is 2. The van der Waals surface area contributed by atoms with Crippen molar-refractivity contribution < 1.29 is 0 Å². The highest BCUT2D eigenvalue weighted by Gasteiger charge is 2.51. The van der Waals surface area contributed by atoms with Crippen LogP contribution in [-0.2, 0) is 5.41 Å². The number of anilines is 3. The maximum Gasteiger partial charge on any atom is 0.0754 e. The fraction of sp³-hybridized carbons (Fsp3) is 0.0192. The van der Waals surface area contributed by atoms with Crippen molar-refractivity contribution in [1.29, 1.82) is 0 Å². The summed E-state index contributed by atoms with van der Waals surface area (Å²) in [5.41, 5.74) is 18.8. The van der Waals surface area contributed by atoms with E-state index >= 15 is 0 Å². The summed E-state index contributed by atoms with van der Waals surface area (Å²) in [6, 6.07) is 75.2. The molecular weight excluding hydrogens is 653 g/mol. The van der Waals surface area contributed by atoms with E-state index in [1.54, 1.807) is 0 Å². The van der Waals surface area contributed by atoms with Crippen LogP contribution in [0.25, 0.3) is 55.5 Å². The summed E-state index contributed by atoms with van der Waals surface area (Å²) in [6.07, 6.45) is 0. The molecule has 0 fully saturated rings. The van der Waals surface area contributed by atoms with Crippen LogP contribution in [0.5, 0.6) is 0 Å². The van der Waals surface area contributed by atoms with Crippen molar-refractivity contribution in [3.8, 4) is 44.6 Å². The molecule has 0 atom stereocenters. The minimum absolute atomic E-state index is 0.490. The second-order valence-electron chi connectivity index (χ2n) is 14.3. The van der Waals surface area contributed by atoms with Crippen LogP contribution in [0.1, 0.15) is 22.3 Å². The van der Waals surface area contributed by atoms with Gasteiger partial charge >= 0.3 is 0 Å². The Morgan fingerprint density at radius 1 is 0.352 bits per heavy atom. The zero-order chi connectivity index (χ0) is 35.6. The van der Waals surface area contributed by atoms with Gasteiger partial charge in [-0.2, -0.15) is 0 Å². The highest BCUT2D eigenvalue weighted by atomic mass is 15.2. The van der Waals surface area contributed by atoms with Gasteiger partial charge in [0.2, 0.25) is 0 Å². The molecule has 1 spiro atoms. The molecule has 2 heteroatoms. The van der Waals surface area contributed by atoms with Gasteiger partial charge in [-0.05, 0) is 104 Å². The van der Waals surface area contributed by atoms with Gasteiger partial charge in [-0.1, -0.05) is 158 Å². The number of hydrogen-bond acceptors (Lipinski definition) is 2. The molecule has 252 valence electrons. The van der Waals surface area contributed by atoms with Crippen LogP contribution in [0, 0.1) is 0 Å². The first-order valence-electron chi connectivity index (χ1n) is 18.6. The Bertz CT molecular complexity index is 2840. The molecule has 0 N–H and O–H groups in total. The Morgan fingerprint density at radius 2 is 0.926 bits per heavy atom. The van der Waals surface area contributed by atoms with E-state index in [-0.39, 0.29) is 0 Å². The SMILES string of the molecule is c1ccc(-c2ccc3c(-c4cccc(-c5ccc6c(c5)C5(c7ccccc7-6)c6ccccc6N(c6ccccc6)c6ccccc65)c4)cccc3n2)cc1. The minimum atomic E-state index is -0.490. The van der Waals surface area contributed by atoms with Crippen LogP contribution in [-0.4, -0.2) is 4.98 Å². The normalized spacial score (nSPS) is 13.3. The lowest BCUT2D eigenvalue weighted by molar-refractivity contribution is 0.753. The largest absolute Gasteiger partial charge is 0.310 e. The number of benzene rings is 8. The fourth-order valence-electron chi connectivity index (χ4n) is 9.18. The third kappa shape index (κ3) is 4.44. The number of pyridine rings is 1. The Labute approximate surface area is 315 Å². The quantitative estimate of drug-likeness (QED) is 0.183. The molecule has 9 aromatic rings. The van der Waals surface area contributed by atoms with E-state index in [1.807, 2.05) is 6.07 Å². The summed E-state index contributed by atoms with van der Waals surface area (Å²) < 4.78 is 0. The van der Waals surface area contributed by atoms with Gasteiger partial charge < -0.3 is 4.90 Å². The first-order chi connectivity index (χ1) is 26.8. The lowest BCUT2D eigenvalue weighted by Crippen LogP contribution is -2.36. The standard InChI is InChI=1S/C52H34N2/c1-3-15-35(16-4-1)48-32-31-43-40(22-14-26-49(43)53-48)38-18-13-17-36(33-38)37-29-30-42-41-21-7-8-23-44(41)52(47(42)34-37)45-24-9-11-27-50(45)54(39-19-5-2-6-20-39)51-28-12-10-25-46(51)52/h1-34H. The van der Waals surface area contributed by atoms with Gasteiger partial charge in [0.25, 0.3) is 0 Å². The van der Waals surface area contributed by atoms with Crippen LogP contribution in [0.2, 0.25) is 0 Å². The van der Waals surface area contributed by atoms with E-state index in [9.17, 15) is 0 Å². The molecule has 0 bridgehead atoms. The highest BCUT2D eigenvalue weighted by Crippen LogP contribution is 2.63. The van der Waals surface area contributed by atoms with Crippen molar-refractivity contribution in [2.24, 2.45) is 0 Å². The van der Waals surface area contributed by atoms with Crippen LogP contribution < -0.4 is 4.90 Å². The summed E-state index contributed by atoms with van der Waals surface area (Å²) in [4.78, 5) is 7.51. The van der Waals surface area contributed by atoms with Gasteiger partial charge in [0.1, 0.15) is 0 Å². The van der Waals surface area contributed by atoms with E-state index in [2.05, 4.69) is 205 Å². The maximum absolute atomic E-state index is 5.08. The Hall–Kier alpha value is -7.03. The van der Waals surface area contributed by atoms with E-state index in [0.29, 0.717) is 0 Å². The highest BCUT2D eigenvalue weighted by molar-refractivity contribution is 5.98. The molecule has 0 amide bonds. The van der Waals surface area contributed by atoms with Crippen LogP contribution in [0.15, 0.2) is 206 Å². The zero-order valence-corrected chi connectivity index (χ0v) is 29.5. The van der Waals surface area contributed by atoms with Gasteiger partial charge in [-0.25, -0.2) is 4.98 Å². The molecule has 0 saturated carbocycles. The molecule has 0 saturated heterocycles. The van der Waals surface area contributed by atoms with Crippen LogP contribution >= 0.6 is 0 Å².